The van der Waals surface area contributed by atoms with Gasteiger partial charge in [0.1, 0.15) is 0 Å². The molecule has 3 nitrogen and oxygen atoms in total. The molecule has 11 heavy (non-hydrogen) atoms. The molecule has 0 amide bonds. The second-order valence-electron chi connectivity index (χ2n) is 2.80. The second-order valence-corrected chi connectivity index (χ2v) is 5.10. The van der Waals surface area contributed by atoms with Crippen LogP contribution in [0.5, 0.6) is 0 Å². The van der Waals surface area contributed by atoms with Crippen LogP contribution in [-0.4, -0.2) is 32.5 Å². The number of hydrogen-bond donors (Lipinski definition) is 1. The Morgan fingerprint density at radius 1 is 1.36 bits per heavy atom. The van der Waals surface area contributed by atoms with E-state index in [9.17, 15) is 8.42 Å². The first-order valence-corrected chi connectivity index (χ1v) is 5.36. The van der Waals surface area contributed by atoms with E-state index >= 15 is 0 Å². The van der Waals surface area contributed by atoms with Gasteiger partial charge in [-0.25, -0.2) is 8.42 Å². The topological polar surface area (TPSA) is 46.2 Å². The van der Waals surface area contributed by atoms with Gasteiger partial charge >= 0.3 is 0 Å². The molecule has 68 valence electrons. The van der Waals surface area contributed by atoms with Gasteiger partial charge in [-0.1, -0.05) is 0 Å². The van der Waals surface area contributed by atoms with Gasteiger partial charge in [0.2, 0.25) is 0 Å². The Labute approximate surface area is 73.9 Å². The molecule has 1 atom stereocenters. The monoisotopic (exact) mass is 199 g/mol. The van der Waals surface area contributed by atoms with Crippen molar-refractivity contribution in [3.05, 3.63) is 0 Å². The molecule has 0 aromatic carbocycles. The third-order valence-electron chi connectivity index (χ3n) is 1.77. The van der Waals surface area contributed by atoms with Crippen LogP contribution in [0.25, 0.3) is 0 Å². The van der Waals surface area contributed by atoms with Crippen LogP contribution in [0.3, 0.4) is 0 Å². The molecule has 1 saturated heterocycles. The van der Waals surface area contributed by atoms with E-state index < -0.39 is 9.84 Å². The van der Waals surface area contributed by atoms with E-state index in [4.69, 9.17) is 0 Å². The third kappa shape index (κ3) is 3.94. The molecule has 1 N–H and O–H groups in total. The minimum Gasteiger partial charge on any atom is -0.313 e. The van der Waals surface area contributed by atoms with E-state index in [-0.39, 0.29) is 12.4 Å². The van der Waals surface area contributed by atoms with Crippen LogP contribution < -0.4 is 5.32 Å². The highest BCUT2D eigenvalue weighted by molar-refractivity contribution is 7.91. The van der Waals surface area contributed by atoms with Gasteiger partial charge in [0, 0.05) is 12.6 Å². The Morgan fingerprint density at radius 2 is 2.00 bits per heavy atom. The van der Waals surface area contributed by atoms with Gasteiger partial charge in [-0.05, 0) is 13.3 Å². The maximum absolute atomic E-state index is 11.0. The Balaban J connectivity index is 0.000001000. The van der Waals surface area contributed by atoms with E-state index in [1.807, 2.05) is 6.92 Å². The molecule has 1 aliphatic heterocycles. The molecule has 0 aromatic rings. The summed E-state index contributed by atoms with van der Waals surface area (Å²) in [4.78, 5) is 0. The van der Waals surface area contributed by atoms with E-state index in [0.29, 0.717) is 24.1 Å². The molecule has 0 aliphatic carbocycles. The van der Waals surface area contributed by atoms with E-state index in [2.05, 4.69) is 5.32 Å². The normalized spacial score (nSPS) is 30.1. The number of halogens is 1. The quantitative estimate of drug-likeness (QED) is 0.607. The summed E-state index contributed by atoms with van der Waals surface area (Å²) >= 11 is 0. The van der Waals surface area contributed by atoms with Crippen LogP contribution in [0.1, 0.15) is 13.3 Å². The largest absolute Gasteiger partial charge is 0.313 e. The van der Waals surface area contributed by atoms with Gasteiger partial charge in [-0.15, -0.1) is 12.4 Å². The molecule has 0 spiro atoms. The third-order valence-corrected chi connectivity index (χ3v) is 3.45. The first kappa shape index (κ1) is 11.2. The minimum absolute atomic E-state index is 0. The van der Waals surface area contributed by atoms with Gasteiger partial charge < -0.3 is 5.32 Å². The van der Waals surface area contributed by atoms with Crippen LogP contribution in [0.4, 0.5) is 0 Å². The molecule has 0 aromatic heterocycles. The Morgan fingerprint density at radius 3 is 2.64 bits per heavy atom. The van der Waals surface area contributed by atoms with Crippen LogP contribution in [0.2, 0.25) is 0 Å². The molecule has 5 heteroatoms. The van der Waals surface area contributed by atoms with Crippen molar-refractivity contribution >= 4 is 22.2 Å². The average Bonchev–Trinajstić information content (AvgIpc) is 1.94. The first-order chi connectivity index (χ1) is 4.60. The Bertz CT molecular complexity index is 203. The van der Waals surface area contributed by atoms with Crippen molar-refractivity contribution in [3.63, 3.8) is 0 Å². The zero-order valence-corrected chi connectivity index (χ0v) is 8.17. The highest BCUT2D eigenvalue weighted by atomic mass is 35.5. The molecule has 1 rings (SSSR count). The molecule has 1 fully saturated rings. The fourth-order valence-corrected chi connectivity index (χ4v) is 2.37. The van der Waals surface area contributed by atoms with E-state index in [1.54, 1.807) is 0 Å². The molecule has 1 unspecified atom stereocenters. The van der Waals surface area contributed by atoms with Gasteiger partial charge in [0.15, 0.2) is 9.84 Å². The number of sulfone groups is 1. The predicted molar refractivity (Wildman–Crippen MR) is 48.0 cm³/mol. The van der Waals surface area contributed by atoms with Gasteiger partial charge in [-0.2, -0.15) is 0 Å². The maximum atomic E-state index is 11.0. The molecule has 1 heterocycles. The van der Waals surface area contributed by atoms with Gasteiger partial charge in [-0.3, -0.25) is 0 Å². The highest BCUT2D eigenvalue weighted by Gasteiger charge is 2.16. The van der Waals surface area contributed by atoms with E-state index in [0.717, 1.165) is 6.42 Å². The summed E-state index contributed by atoms with van der Waals surface area (Å²) in [6.07, 6.45) is 0.752. The van der Waals surface area contributed by atoms with Crippen LogP contribution in [0, 0.1) is 0 Å². The summed E-state index contributed by atoms with van der Waals surface area (Å²) in [7, 11) is -2.71. The Hall–Kier alpha value is 0.200. The van der Waals surface area contributed by atoms with Gasteiger partial charge in [0.25, 0.3) is 0 Å². The summed E-state index contributed by atoms with van der Waals surface area (Å²) in [6, 6.07) is 0.359. The average molecular weight is 200 g/mol. The smallest absolute Gasteiger partial charge is 0.151 e. The summed E-state index contributed by atoms with van der Waals surface area (Å²) < 4.78 is 22.0. The molecule has 0 saturated carbocycles. The minimum atomic E-state index is -2.71. The van der Waals surface area contributed by atoms with Crippen molar-refractivity contribution < 1.29 is 8.42 Å². The number of nitrogens with one attached hydrogen (secondary N) is 1. The number of rotatable bonds is 0. The van der Waals surface area contributed by atoms with Crippen molar-refractivity contribution in [1.29, 1.82) is 0 Å². The van der Waals surface area contributed by atoms with Crippen LogP contribution in [0.15, 0.2) is 0 Å². The Kier molecular flexibility index (Phi) is 4.36. The lowest BCUT2D eigenvalue weighted by Crippen LogP contribution is -2.26. The predicted octanol–water partition coefficient (Wildman–Crippen LogP) is 0.205. The molecular weight excluding hydrogens is 186 g/mol. The van der Waals surface area contributed by atoms with Crippen molar-refractivity contribution in [3.8, 4) is 0 Å². The number of hydrogen-bond acceptors (Lipinski definition) is 3. The fourth-order valence-electron chi connectivity index (χ4n) is 1.02. The molecule has 0 bridgehead atoms. The lowest BCUT2D eigenvalue weighted by atomic mass is 10.3. The summed E-state index contributed by atoms with van der Waals surface area (Å²) in [5.74, 6) is 0.651. The SMILES string of the molecule is CC1CCS(=O)(=O)CCN1.Cl. The summed E-state index contributed by atoms with van der Waals surface area (Å²) in [5.41, 5.74) is 0. The lowest BCUT2D eigenvalue weighted by Gasteiger charge is -2.05. The summed E-state index contributed by atoms with van der Waals surface area (Å²) in [5, 5.41) is 3.12. The van der Waals surface area contributed by atoms with Crippen LogP contribution >= 0.6 is 12.4 Å². The second kappa shape index (κ2) is 4.28. The standard InChI is InChI=1S/C6H13NO2S.ClH/c1-6-2-4-10(8,9)5-3-7-6;/h6-7H,2-5H2,1H3;1H. The molecule has 1 aliphatic rings. The van der Waals surface area contributed by atoms with Crippen molar-refractivity contribution in [1.82, 2.24) is 5.32 Å². The van der Waals surface area contributed by atoms with Crippen molar-refractivity contribution in [2.75, 3.05) is 18.1 Å². The first-order valence-electron chi connectivity index (χ1n) is 3.54. The zero-order valence-electron chi connectivity index (χ0n) is 6.54. The van der Waals surface area contributed by atoms with Gasteiger partial charge in [0.05, 0.1) is 11.5 Å². The van der Waals surface area contributed by atoms with Crippen LogP contribution in [-0.2, 0) is 9.84 Å². The molecular formula is C6H14ClNO2S. The lowest BCUT2D eigenvalue weighted by molar-refractivity contribution is 0.566. The van der Waals surface area contributed by atoms with E-state index in [1.165, 1.54) is 0 Å². The van der Waals surface area contributed by atoms with Crippen molar-refractivity contribution in [2.45, 2.75) is 19.4 Å². The maximum Gasteiger partial charge on any atom is 0.151 e. The molecule has 0 radical (unpaired) electrons. The summed E-state index contributed by atoms with van der Waals surface area (Å²) in [6.45, 7) is 2.63. The zero-order chi connectivity index (χ0) is 7.61. The van der Waals surface area contributed by atoms with Crippen molar-refractivity contribution in [2.24, 2.45) is 0 Å². The highest BCUT2D eigenvalue weighted by Crippen LogP contribution is 2.01. The fraction of sp³-hybridized carbons (Fsp3) is 1.00.